The van der Waals surface area contributed by atoms with Gasteiger partial charge in [0.25, 0.3) is 0 Å². The summed E-state index contributed by atoms with van der Waals surface area (Å²) in [4.78, 5) is 0. The van der Waals surface area contributed by atoms with E-state index >= 15 is 0 Å². The second-order valence-electron chi connectivity index (χ2n) is 6.33. The third kappa shape index (κ3) is 4.23. The Labute approximate surface area is 138 Å². The lowest BCUT2D eigenvalue weighted by Gasteiger charge is -2.08. The maximum absolute atomic E-state index is 10.0. The van der Waals surface area contributed by atoms with E-state index in [9.17, 15) is 5.11 Å². The predicted molar refractivity (Wildman–Crippen MR) is 96.1 cm³/mol. The fourth-order valence-corrected chi connectivity index (χ4v) is 2.83. The van der Waals surface area contributed by atoms with Crippen molar-refractivity contribution in [2.45, 2.75) is 26.7 Å². The van der Waals surface area contributed by atoms with Gasteiger partial charge in [0, 0.05) is 0 Å². The van der Waals surface area contributed by atoms with E-state index in [4.69, 9.17) is 0 Å². The maximum Gasteiger partial charge on any atom is 0.116 e. The molecule has 0 saturated heterocycles. The van der Waals surface area contributed by atoms with Crippen molar-refractivity contribution in [2.75, 3.05) is 0 Å². The zero-order valence-electron chi connectivity index (χ0n) is 13.7. The molecule has 0 spiro atoms. The molecule has 0 bridgehead atoms. The van der Waals surface area contributed by atoms with Crippen molar-refractivity contribution in [1.29, 1.82) is 0 Å². The number of aryl methyl sites for hydroxylation is 2. The Kier molecular flexibility index (Phi) is 4.47. The molecule has 0 radical (unpaired) electrons. The van der Waals surface area contributed by atoms with Crippen molar-refractivity contribution in [3.05, 3.63) is 100 Å². The van der Waals surface area contributed by atoms with Gasteiger partial charge in [0.2, 0.25) is 0 Å². The third-order valence-electron chi connectivity index (χ3n) is 4.10. The molecule has 0 fully saturated rings. The minimum absolute atomic E-state index is 0.344. The van der Waals surface area contributed by atoms with Gasteiger partial charge in [0.05, 0.1) is 0 Å². The van der Waals surface area contributed by atoms with E-state index < -0.39 is 0 Å². The van der Waals surface area contributed by atoms with Gasteiger partial charge in [-0.2, -0.15) is 0 Å². The van der Waals surface area contributed by atoms with Crippen molar-refractivity contribution in [3.63, 3.8) is 0 Å². The topological polar surface area (TPSA) is 20.2 Å². The van der Waals surface area contributed by atoms with E-state index in [0.29, 0.717) is 5.75 Å². The first-order valence-corrected chi connectivity index (χ1v) is 8.01. The minimum atomic E-state index is 0.344. The minimum Gasteiger partial charge on any atom is -0.508 e. The summed E-state index contributed by atoms with van der Waals surface area (Å²) in [7, 11) is 0. The molecule has 0 aliphatic carbocycles. The Morgan fingerprint density at radius 1 is 0.565 bits per heavy atom. The fraction of sp³-hybridized carbons (Fsp3) is 0.182. The summed E-state index contributed by atoms with van der Waals surface area (Å²) in [6, 6.07) is 23.0. The maximum atomic E-state index is 10.0. The van der Waals surface area contributed by atoms with Crippen LogP contribution in [0.4, 0.5) is 0 Å². The molecule has 0 heterocycles. The Hall–Kier alpha value is -2.54. The van der Waals surface area contributed by atoms with Gasteiger partial charge in [-0.05, 0) is 61.1 Å². The average molecular weight is 302 g/mol. The molecule has 23 heavy (non-hydrogen) atoms. The van der Waals surface area contributed by atoms with E-state index in [1.54, 1.807) is 0 Å². The number of phenols is 1. The summed E-state index contributed by atoms with van der Waals surface area (Å²) < 4.78 is 0. The van der Waals surface area contributed by atoms with Gasteiger partial charge in [-0.3, -0.25) is 0 Å². The van der Waals surface area contributed by atoms with Crippen molar-refractivity contribution >= 4 is 0 Å². The van der Waals surface area contributed by atoms with Crippen molar-refractivity contribution < 1.29 is 5.11 Å². The Balaban J connectivity index is 1.81. The summed E-state index contributed by atoms with van der Waals surface area (Å²) >= 11 is 0. The number of benzene rings is 3. The number of phenolic OH excluding ortho intramolecular Hbond substituents is 1. The van der Waals surface area contributed by atoms with Crippen LogP contribution in [0.15, 0.2) is 66.7 Å². The number of hydrogen-bond acceptors (Lipinski definition) is 1. The third-order valence-corrected chi connectivity index (χ3v) is 4.10. The Bertz CT molecular complexity index is 717. The molecular formula is C22H22O. The molecule has 1 N–H and O–H groups in total. The smallest absolute Gasteiger partial charge is 0.116 e. The highest BCUT2D eigenvalue weighted by Crippen LogP contribution is 2.21. The van der Waals surface area contributed by atoms with Crippen molar-refractivity contribution in [1.82, 2.24) is 0 Å². The summed E-state index contributed by atoms with van der Waals surface area (Å²) in [5.74, 6) is 0.344. The lowest BCUT2D eigenvalue weighted by atomic mass is 9.98. The highest BCUT2D eigenvalue weighted by Gasteiger charge is 2.04. The molecule has 3 rings (SSSR count). The standard InChI is InChI=1S/C22H22O/c1-16-3-7-18(8-4-16)11-20-13-21(15-22(23)14-20)12-19-9-5-17(2)6-10-19/h3-10,13-15,23H,11-12H2,1-2H3. The van der Waals surface area contributed by atoms with Gasteiger partial charge in [-0.25, -0.2) is 0 Å². The van der Waals surface area contributed by atoms with E-state index in [1.165, 1.54) is 22.3 Å². The van der Waals surface area contributed by atoms with E-state index in [2.05, 4.69) is 68.4 Å². The van der Waals surface area contributed by atoms with Gasteiger partial charge < -0.3 is 5.11 Å². The van der Waals surface area contributed by atoms with Gasteiger partial charge in [0.1, 0.15) is 5.75 Å². The van der Waals surface area contributed by atoms with Crippen LogP contribution in [0.1, 0.15) is 33.4 Å². The normalized spacial score (nSPS) is 10.7. The number of hydrogen-bond donors (Lipinski definition) is 1. The van der Waals surface area contributed by atoms with Crippen LogP contribution in [-0.4, -0.2) is 5.11 Å². The molecule has 3 aromatic rings. The SMILES string of the molecule is Cc1ccc(Cc2cc(O)cc(Cc3ccc(C)cc3)c2)cc1. The van der Waals surface area contributed by atoms with Crippen LogP contribution in [0.2, 0.25) is 0 Å². The molecule has 1 nitrogen and oxygen atoms in total. The highest BCUT2D eigenvalue weighted by atomic mass is 16.3. The van der Waals surface area contributed by atoms with Crippen LogP contribution in [0.25, 0.3) is 0 Å². The quantitative estimate of drug-likeness (QED) is 0.703. The van der Waals surface area contributed by atoms with Crippen LogP contribution in [0, 0.1) is 13.8 Å². The van der Waals surface area contributed by atoms with Gasteiger partial charge in [-0.15, -0.1) is 0 Å². The van der Waals surface area contributed by atoms with E-state index in [-0.39, 0.29) is 0 Å². The second kappa shape index (κ2) is 6.70. The van der Waals surface area contributed by atoms with Crippen LogP contribution in [-0.2, 0) is 12.8 Å². The molecule has 0 amide bonds. The van der Waals surface area contributed by atoms with Crippen LogP contribution < -0.4 is 0 Å². The first-order valence-electron chi connectivity index (χ1n) is 8.01. The van der Waals surface area contributed by atoms with Crippen LogP contribution >= 0.6 is 0 Å². The molecule has 0 atom stereocenters. The van der Waals surface area contributed by atoms with Crippen LogP contribution in [0.3, 0.4) is 0 Å². The van der Waals surface area contributed by atoms with Gasteiger partial charge >= 0.3 is 0 Å². The highest BCUT2D eigenvalue weighted by molar-refractivity contribution is 5.39. The van der Waals surface area contributed by atoms with Gasteiger partial charge in [0.15, 0.2) is 0 Å². The first kappa shape index (κ1) is 15.4. The molecule has 0 unspecified atom stereocenters. The molecule has 0 aliphatic rings. The number of rotatable bonds is 4. The lowest BCUT2D eigenvalue weighted by molar-refractivity contribution is 0.474. The van der Waals surface area contributed by atoms with Crippen LogP contribution in [0.5, 0.6) is 5.75 Å². The Morgan fingerprint density at radius 3 is 1.35 bits per heavy atom. The van der Waals surface area contributed by atoms with Crippen molar-refractivity contribution in [3.8, 4) is 5.75 Å². The second-order valence-corrected chi connectivity index (χ2v) is 6.33. The molecular weight excluding hydrogens is 280 g/mol. The zero-order chi connectivity index (χ0) is 16.2. The molecule has 0 aliphatic heterocycles. The predicted octanol–water partition coefficient (Wildman–Crippen LogP) is 5.19. The molecule has 116 valence electrons. The lowest BCUT2D eigenvalue weighted by Crippen LogP contribution is -1.93. The summed E-state index contributed by atoms with van der Waals surface area (Å²) in [6.07, 6.45) is 1.69. The summed E-state index contributed by atoms with van der Waals surface area (Å²) in [5.41, 5.74) is 7.37. The summed E-state index contributed by atoms with van der Waals surface area (Å²) in [6.45, 7) is 4.19. The van der Waals surface area contributed by atoms with E-state index in [1.807, 2.05) is 12.1 Å². The largest absolute Gasteiger partial charge is 0.508 e. The fourth-order valence-electron chi connectivity index (χ4n) is 2.83. The first-order chi connectivity index (χ1) is 11.1. The monoisotopic (exact) mass is 302 g/mol. The molecule has 1 heteroatoms. The van der Waals surface area contributed by atoms with Gasteiger partial charge in [-0.1, -0.05) is 65.7 Å². The van der Waals surface area contributed by atoms with Crippen molar-refractivity contribution in [2.24, 2.45) is 0 Å². The molecule has 0 saturated carbocycles. The molecule has 3 aromatic carbocycles. The zero-order valence-corrected chi connectivity index (χ0v) is 13.7. The molecule has 0 aromatic heterocycles. The van der Waals surface area contributed by atoms with E-state index in [0.717, 1.165) is 24.0 Å². The summed E-state index contributed by atoms with van der Waals surface area (Å²) in [5, 5.41) is 10.0. The Morgan fingerprint density at radius 2 is 0.957 bits per heavy atom. The average Bonchev–Trinajstić information content (AvgIpc) is 2.51. The number of aromatic hydroxyl groups is 1.